The summed E-state index contributed by atoms with van der Waals surface area (Å²) >= 11 is 0. The molecule has 1 N–H and O–H groups in total. The van der Waals surface area contributed by atoms with Crippen LogP contribution in [0.25, 0.3) is 0 Å². The molecule has 0 spiro atoms. The molecule has 0 aromatic heterocycles. The van der Waals surface area contributed by atoms with Crippen molar-refractivity contribution in [2.75, 3.05) is 37.7 Å². The minimum Gasteiger partial charge on any atom is -0.494 e. The third-order valence-electron chi connectivity index (χ3n) is 5.72. The lowest BCUT2D eigenvalue weighted by Crippen LogP contribution is -2.40. The van der Waals surface area contributed by atoms with Crippen LogP contribution in [-0.4, -0.2) is 48.9 Å². The van der Waals surface area contributed by atoms with Gasteiger partial charge in [0.15, 0.2) is 0 Å². The number of unbranched alkanes of at least 4 members (excludes halogenated alkanes) is 7. The van der Waals surface area contributed by atoms with Gasteiger partial charge in [-0.05, 0) is 44.5 Å². The molecule has 1 fully saturated rings. The zero-order valence-corrected chi connectivity index (χ0v) is 18.3. The first-order valence-corrected chi connectivity index (χ1v) is 11.7. The molecule has 29 heavy (non-hydrogen) atoms. The van der Waals surface area contributed by atoms with Crippen molar-refractivity contribution >= 4 is 11.8 Å². The van der Waals surface area contributed by atoms with Crippen molar-refractivity contribution in [3.8, 4) is 5.75 Å². The van der Waals surface area contributed by atoms with Gasteiger partial charge in [-0.3, -0.25) is 4.90 Å². The van der Waals surface area contributed by atoms with E-state index in [0.717, 1.165) is 31.8 Å². The molecule has 0 aliphatic carbocycles. The van der Waals surface area contributed by atoms with Gasteiger partial charge in [0.2, 0.25) is 0 Å². The van der Waals surface area contributed by atoms with Gasteiger partial charge in [-0.15, -0.1) is 0 Å². The fourth-order valence-electron chi connectivity index (χ4n) is 3.93. The van der Waals surface area contributed by atoms with Crippen molar-refractivity contribution in [3.05, 3.63) is 24.3 Å². The third kappa shape index (κ3) is 9.53. The van der Waals surface area contributed by atoms with Crippen LogP contribution in [0.3, 0.4) is 0 Å². The predicted molar refractivity (Wildman–Crippen MR) is 120 cm³/mol. The molecule has 1 aliphatic heterocycles. The summed E-state index contributed by atoms with van der Waals surface area (Å²) in [5.41, 5.74) is 0.697. The summed E-state index contributed by atoms with van der Waals surface area (Å²) < 4.78 is 5.89. The van der Waals surface area contributed by atoms with Crippen LogP contribution in [0, 0.1) is 0 Å². The molecule has 1 aromatic carbocycles. The average Bonchev–Trinajstić information content (AvgIpc) is 2.73. The molecule has 1 aliphatic rings. The van der Waals surface area contributed by atoms with Crippen molar-refractivity contribution in [2.45, 2.75) is 77.6 Å². The van der Waals surface area contributed by atoms with Crippen molar-refractivity contribution in [1.29, 1.82) is 0 Å². The highest BCUT2D eigenvalue weighted by molar-refractivity contribution is 5.86. The van der Waals surface area contributed by atoms with Crippen LogP contribution >= 0.6 is 0 Å². The molecular formula is C24H40N2O3. The zero-order valence-electron chi connectivity index (χ0n) is 18.3. The number of benzene rings is 1. The van der Waals surface area contributed by atoms with E-state index in [0.29, 0.717) is 18.8 Å². The summed E-state index contributed by atoms with van der Waals surface area (Å²) in [7, 11) is 0. The molecule has 1 heterocycles. The first-order chi connectivity index (χ1) is 14.2. The fraction of sp³-hybridized carbons (Fsp3) is 0.708. The minimum absolute atomic E-state index is 0.497. The quantitative estimate of drug-likeness (QED) is 0.376. The number of hydrogen-bond donors (Lipinski definition) is 1. The van der Waals surface area contributed by atoms with Gasteiger partial charge in [-0.25, -0.2) is 4.79 Å². The smallest absolute Gasteiger partial charge is 0.411 e. The Hall–Kier alpha value is -1.75. The number of hydrogen-bond acceptors (Lipinski definition) is 3. The first kappa shape index (κ1) is 23.5. The molecule has 1 aromatic rings. The zero-order chi connectivity index (χ0) is 20.7. The van der Waals surface area contributed by atoms with Gasteiger partial charge in [0.05, 0.1) is 12.3 Å². The Balaban J connectivity index is 1.72. The largest absolute Gasteiger partial charge is 0.494 e. The van der Waals surface area contributed by atoms with Crippen molar-refractivity contribution in [2.24, 2.45) is 0 Å². The summed E-state index contributed by atoms with van der Waals surface area (Å²) in [6, 6.07) is 7.51. The van der Waals surface area contributed by atoms with Gasteiger partial charge in [0.25, 0.3) is 0 Å². The number of rotatable bonds is 14. The highest BCUT2D eigenvalue weighted by atomic mass is 16.5. The Morgan fingerprint density at radius 1 is 1.03 bits per heavy atom. The Bertz CT molecular complexity index is 573. The van der Waals surface area contributed by atoms with Crippen LogP contribution in [0.5, 0.6) is 5.75 Å². The summed E-state index contributed by atoms with van der Waals surface area (Å²) in [5.74, 6) is 0.759. The average molecular weight is 405 g/mol. The maximum atomic E-state index is 11.8. The second kappa shape index (κ2) is 14.3. The Morgan fingerprint density at radius 2 is 1.72 bits per heavy atom. The summed E-state index contributed by atoms with van der Waals surface area (Å²) in [6.07, 6.45) is 13.0. The topological polar surface area (TPSA) is 53.0 Å². The fourth-order valence-corrected chi connectivity index (χ4v) is 3.93. The molecule has 164 valence electrons. The Labute approximate surface area is 177 Å². The third-order valence-corrected chi connectivity index (χ3v) is 5.72. The number of nitrogens with zero attached hydrogens (tertiary/aromatic N) is 2. The first-order valence-electron chi connectivity index (χ1n) is 11.7. The Morgan fingerprint density at radius 3 is 2.41 bits per heavy atom. The van der Waals surface area contributed by atoms with Crippen LogP contribution < -0.4 is 9.64 Å². The second-order valence-electron chi connectivity index (χ2n) is 8.16. The molecule has 5 nitrogen and oxygen atoms in total. The predicted octanol–water partition coefficient (Wildman–Crippen LogP) is 6.18. The van der Waals surface area contributed by atoms with E-state index in [4.69, 9.17) is 4.74 Å². The molecular weight excluding hydrogens is 364 g/mol. The van der Waals surface area contributed by atoms with E-state index in [2.05, 4.69) is 11.8 Å². The molecule has 0 saturated carbocycles. The van der Waals surface area contributed by atoms with Crippen LogP contribution in [0.1, 0.15) is 77.6 Å². The normalized spacial score (nSPS) is 14.7. The van der Waals surface area contributed by atoms with Gasteiger partial charge in [-0.2, -0.15) is 0 Å². The molecule has 5 heteroatoms. The second-order valence-corrected chi connectivity index (χ2v) is 8.16. The van der Waals surface area contributed by atoms with Crippen LogP contribution in [0.4, 0.5) is 10.5 Å². The van der Waals surface area contributed by atoms with Crippen LogP contribution in [0.15, 0.2) is 24.3 Å². The lowest BCUT2D eigenvalue weighted by Gasteiger charge is -2.29. The lowest BCUT2D eigenvalue weighted by atomic mass is 10.1. The van der Waals surface area contributed by atoms with Crippen molar-refractivity contribution in [3.63, 3.8) is 0 Å². The molecule has 0 unspecified atom stereocenters. The van der Waals surface area contributed by atoms with E-state index in [-0.39, 0.29) is 0 Å². The molecule has 2 rings (SSSR count). The number of piperidine rings is 1. The summed E-state index contributed by atoms with van der Waals surface area (Å²) in [4.78, 5) is 15.6. The van der Waals surface area contributed by atoms with Crippen molar-refractivity contribution < 1.29 is 14.6 Å². The highest BCUT2D eigenvalue weighted by Gasteiger charge is 2.17. The van der Waals surface area contributed by atoms with Crippen molar-refractivity contribution in [1.82, 2.24) is 4.90 Å². The summed E-state index contributed by atoms with van der Waals surface area (Å²) in [6.45, 7) is 6.38. The minimum atomic E-state index is -0.901. The van der Waals surface area contributed by atoms with E-state index < -0.39 is 6.09 Å². The van der Waals surface area contributed by atoms with Gasteiger partial charge < -0.3 is 14.7 Å². The SMILES string of the molecule is CCCCCCCCCCOc1cccc(N(CCN2CCCCC2)C(=O)O)c1. The molecule has 0 radical (unpaired) electrons. The molecule has 0 bridgehead atoms. The lowest BCUT2D eigenvalue weighted by molar-refractivity contribution is 0.196. The van der Waals surface area contributed by atoms with E-state index in [9.17, 15) is 9.90 Å². The van der Waals surface area contributed by atoms with E-state index in [1.165, 1.54) is 69.1 Å². The number of amides is 1. The van der Waals surface area contributed by atoms with Gasteiger partial charge in [0.1, 0.15) is 5.75 Å². The number of carbonyl (C=O) groups is 1. The van der Waals surface area contributed by atoms with Crippen LogP contribution in [0.2, 0.25) is 0 Å². The number of carboxylic acid groups (broad SMARTS) is 1. The van der Waals surface area contributed by atoms with E-state index in [1.54, 1.807) is 0 Å². The molecule has 1 amide bonds. The number of ether oxygens (including phenoxy) is 1. The van der Waals surface area contributed by atoms with E-state index in [1.807, 2.05) is 24.3 Å². The highest BCUT2D eigenvalue weighted by Crippen LogP contribution is 2.22. The van der Waals surface area contributed by atoms with Crippen LogP contribution in [-0.2, 0) is 0 Å². The standard InChI is InChI=1S/C24H40N2O3/c1-2-3-4-5-6-7-8-12-20-29-23-15-13-14-22(21-23)26(24(27)28)19-18-25-16-10-9-11-17-25/h13-15,21H,2-12,16-20H2,1H3,(H,27,28). The van der Waals surface area contributed by atoms with E-state index >= 15 is 0 Å². The summed E-state index contributed by atoms with van der Waals surface area (Å²) in [5, 5.41) is 9.66. The van der Waals surface area contributed by atoms with Gasteiger partial charge in [-0.1, -0.05) is 64.4 Å². The maximum absolute atomic E-state index is 11.8. The maximum Gasteiger partial charge on any atom is 0.411 e. The van der Waals surface area contributed by atoms with Gasteiger partial charge in [0, 0.05) is 19.2 Å². The Kier molecular flexibility index (Phi) is 11.6. The monoisotopic (exact) mass is 404 g/mol. The van der Waals surface area contributed by atoms with Gasteiger partial charge >= 0.3 is 6.09 Å². The molecule has 0 atom stereocenters. The molecule has 1 saturated heterocycles. The number of anilines is 1. The number of likely N-dealkylation sites (tertiary alicyclic amines) is 1.